The standard InChI is InChI=1S/C17H37N5O4S2/c1-5-7-8-16(20,25-13(23)15(18,19)9-10-27-3)26-14(24)17(21,22)12(6-2)11-28-4/h12H,5-11,18-22H2,1-4H3. The molecule has 0 saturated carbocycles. The molecule has 0 bridgehead atoms. The summed E-state index contributed by atoms with van der Waals surface area (Å²) < 4.78 is 10.6. The Labute approximate surface area is 176 Å². The second-order valence-corrected chi connectivity index (χ2v) is 8.87. The molecule has 2 atom stereocenters. The van der Waals surface area contributed by atoms with Crippen molar-refractivity contribution in [3.63, 3.8) is 0 Å². The molecule has 28 heavy (non-hydrogen) atoms. The molecule has 0 aliphatic heterocycles. The summed E-state index contributed by atoms with van der Waals surface area (Å²) in [6, 6.07) is 0. The van der Waals surface area contributed by atoms with Crippen molar-refractivity contribution in [2.45, 2.75) is 63.2 Å². The normalized spacial score (nSPS) is 15.6. The van der Waals surface area contributed by atoms with Crippen LogP contribution in [0.1, 0.15) is 46.0 Å². The predicted molar refractivity (Wildman–Crippen MR) is 116 cm³/mol. The number of carbonyl (C=O) groups is 2. The first kappa shape index (κ1) is 27.4. The minimum Gasteiger partial charge on any atom is -0.406 e. The molecule has 0 amide bonds. The molecule has 0 saturated heterocycles. The Kier molecular flexibility index (Phi) is 12.0. The smallest absolute Gasteiger partial charge is 0.345 e. The van der Waals surface area contributed by atoms with Gasteiger partial charge in [0.05, 0.1) is 0 Å². The Balaban J connectivity index is 5.42. The van der Waals surface area contributed by atoms with Gasteiger partial charge in [0.1, 0.15) is 0 Å². The SMILES string of the molecule is CCCCC(N)(OC(=O)C(N)(N)CCSC)OC(=O)C(N)(N)C(CC)CSC. The highest BCUT2D eigenvalue weighted by Gasteiger charge is 2.46. The lowest BCUT2D eigenvalue weighted by atomic mass is 9.93. The Bertz CT molecular complexity index is 508. The lowest BCUT2D eigenvalue weighted by Crippen LogP contribution is -2.67. The van der Waals surface area contributed by atoms with E-state index in [-0.39, 0.29) is 18.8 Å². The molecular weight excluding hydrogens is 402 g/mol. The van der Waals surface area contributed by atoms with Crippen molar-refractivity contribution in [2.75, 3.05) is 24.0 Å². The predicted octanol–water partition coefficient (Wildman–Crippen LogP) is 0.245. The second kappa shape index (κ2) is 12.2. The molecule has 0 rings (SSSR count). The van der Waals surface area contributed by atoms with Crippen LogP contribution in [-0.4, -0.2) is 53.2 Å². The van der Waals surface area contributed by atoms with Gasteiger partial charge in [-0.1, -0.05) is 20.3 Å². The molecule has 0 aromatic rings. The van der Waals surface area contributed by atoms with Crippen LogP contribution < -0.4 is 28.7 Å². The van der Waals surface area contributed by atoms with Crippen molar-refractivity contribution in [3.05, 3.63) is 0 Å². The minimum atomic E-state index is -2.05. The van der Waals surface area contributed by atoms with Crippen LogP contribution in [0.25, 0.3) is 0 Å². The van der Waals surface area contributed by atoms with Gasteiger partial charge in [-0.2, -0.15) is 23.5 Å². The van der Waals surface area contributed by atoms with Crippen molar-refractivity contribution in [2.24, 2.45) is 34.6 Å². The van der Waals surface area contributed by atoms with Crippen LogP contribution in [0.15, 0.2) is 0 Å². The lowest BCUT2D eigenvalue weighted by molar-refractivity contribution is -0.237. The van der Waals surface area contributed by atoms with Gasteiger partial charge in [-0.05, 0) is 43.3 Å². The molecule has 2 unspecified atom stereocenters. The number of ether oxygens (including phenoxy) is 2. The van der Waals surface area contributed by atoms with E-state index in [1.165, 1.54) is 23.5 Å². The van der Waals surface area contributed by atoms with Crippen LogP contribution in [0.5, 0.6) is 0 Å². The Morgan fingerprint density at radius 3 is 1.96 bits per heavy atom. The first-order valence-corrected chi connectivity index (χ1v) is 12.1. The molecule has 0 aliphatic carbocycles. The molecule has 0 heterocycles. The Morgan fingerprint density at radius 2 is 1.50 bits per heavy atom. The van der Waals surface area contributed by atoms with E-state index >= 15 is 0 Å². The molecule has 166 valence electrons. The quantitative estimate of drug-likeness (QED) is 0.184. The minimum absolute atomic E-state index is 0.0645. The van der Waals surface area contributed by atoms with E-state index in [9.17, 15) is 9.59 Å². The number of carbonyl (C=O) groups excluding carboxylic acids is 2. The zero-order valence-electron chi connectivity index (χ0n) is 17.4. The largest absolute Gasteiger partial charge is 0.406 e. The van der Waals surface area contributed by atoms with Crippen LogP contribution >= 0.6 is 23.5 Å². The van der Waals surface area contributed by atoms with Gasteiger partial charge in [-0.15, -0.1) is 0 Å². The Morgan fingerprint density at radius 1 is 0.929 bits per heavy atom. The average Bonchev–Trinajstić information content (AvgIpc) is 2.62. The molecule has 10 N–H and O–H groups in total. The maximum absolute atomic E-state index is 12.7. The van der Waals surface area contributed by atoms with Gasteiger partial charge in [0.25, 0.3) is 0 Å². The fourth-order valence-corrected chi connectivity index (χ4v) is 3.83. The van der Waals surface area contributed by atoms with Gasteiger partial charge in [-0.3, -0.25) is 5.73 Å². The monoisotopic (exact) mass is 439 g/mol. The molecule has 0 aromatic heterocycles. The molecule has 11 heteroatoms. The van der Waals surface area contributed by atoms with E-state index in [2.05, 4.69) is 0 Å². The third-order valence-electron chi connectivity index (χ3n) is 4.40. The highest BCUT2D eigenvalue weighted by Crippen LogP contribution is 2.24. The summed E-state index contributed by atoms with van der Waals surface area (Å²) in [6.45, 7) is 3.79. The zero-order valence-corrected chi connectivity index (χ0v) is 19.0. The van der Waals surface area contributed by atoms with E-state index in [1.54, 1.807) is 0 Å². The molecule has 0 aromatic carbocycles. The van der Waals surface area contributed by atoms with Crippen molar-refractivity contribution in [3.8, 4) is 0 Å². The summed E-state index contributed by atoms with van der Waals surface area (Å²) >= 11 is 3.00. The van der Waals surface area contributed by atoms with Gasteiger partial charge in [-0.25, -0.2) is 9.59 Å². The van der Waals surface area contributed by atoms with Crippen LogP contribution in [0, 0.1) is 5.92 Å². The summed E-state index contributed by atoms with van der Waals surface area (Å²) in [6.07, 6.45) is 5.82. The van der Waals surface area contributed by atoms with E-state index < -0.39 is 29.2 Å². The number of esters is 2. The van der Waals surface area contributed by atoms with Crippen LogP contribution in [0.3, 0.4) is 0 Å². The number of nitrogens with two attached hydrogens (primary N) is 5. The highest BCUT2D eigenvalue weighted by atomic mass is 32.2. The molecule has 9 nitrogen and oxygen atoms in total. The van der Waals surface area contributed by atoms with Crippen molar-refractivity contribution >= 4 is 35.5 Å². The van der Waals surface area contributed by atoms with Crippen LogP contribution in [0.4, 0.5) is 0 Å². The third kappa shape index (κ3) is 8.44. The summed E-state index contributed by atoms with van der Waals surface area (Å²) in [5, 5.41) is 0. The molecule has 0 spiro atoms. The summed E-state index contributed by atoms with van der Waals surface area (Å²) in [4.78, 5) is 25.2. The fraction of sp³-hybridized carbons (Fsp3) is 0.882. The van der Waals surface area contributed by atoms with E-state index in [0.29, 0.717) is 24.3 Å². The van der Waals surface area contributed by atoms with Crippen LogP contribution in [-0.2, 0) is 19.1 Å². The third-order valence-corrected chi connectivity index (χ3v) is 5.75. The number of rotatable bonds is 14. The topological polar surface area (TPSA) is 183 Å². The highest BCUT2D eigenvalue weighted by molar-refractivity contribution is 7.98. The summed E-state index contributed by atoms with van der Waals surface area (Å²) in [5.74, 6) is -3.17. The van der Waals surface area contributed by atoms with Crippen LogP contribution in [0.2, 0.25) is 0 Å². The maximum Gasteiger partial charge on any atom is 0.345 e. The Hall–Kier alpha value is -0.560. The van der Waals surface area contributed by atoms with Gasteiger partial charge in [0, 0.05) is 12.3 Å². The molecule has 0 aliphatic rings. The molecule has 0 fully saturated rings. The lowest BCUT2D eigenvalue weighted by Gasteiger charge is -2.36. The zero-order chi connectivity index (χ0) is 22.0. The van der Waals surface area contributed by atoms with Crippen molar-refractivity contribution in [1.29, 1.82) is 0 Å². The summed E-state index contributed by atoms with van der Waals surface area (Å²) in [7, 11) is 0. The second-order valence-electron chi connectivity index (χ2n) is 6.97. The summed E-state index contributed by atoms with van der Waals surface area (Å²) in [5.41, 5.74) is 26.4. The fourth-order valence-electron chi connectivity index (χ4n) is 2.38. The first-order valence-electron chi connectivity index (χ1n) is 9.29. The molecular formula is C17H37N5O4S2. The number of unbranched alkanes of at least 4 members (excludes halogenated alkanes) is 1. The van der Waals surface area contributed by atoms with Gasteiger partial charge in [0.15, 0.2) is 11.3 Å². The van der Waals surface area contributed by atoms with E-state index in [1.807, 2.05) is 26.4 Å². The number of hydrogen-bond donors (Lipinski definition) is 5. The number of thioether (sulfide) groups is 2. The average molecular weight is 440 g/mol. The van der Waals surface area contributed by atoms with Gasteiger partial charge in [0.2, 0.25) is 0 Å². The van der Waals surface area contributed by atoms with Crippen molar-refractivity contribution < 1.29 is 19.1 Å². The van der Waals surface area contributed by atoms with E-state index in [0.717, 1.165) is 6.42 Å². The van der Waals surface area contributed by atoms with Gasteiger partial charge >= 0.3 is 17.8 Å². The maximum atomic E-state index is 12.7. The first-order chi connectivity index (χ1) is 12.9. The molecule has 0 radical (unpaired) electrons. The van der Waals surface area contributed by atoms with E-state index in [4.69, 9.17) is 38.1 Å². The van der Waals surface area contributed by atoms with Gasteiger partial charge < -0.3 is 32.4 Å². The number of hydrogen-bond acceptors (Lipinski definition) is 11. The van der Waals surface area contributed by atoms with Crippen molar-refractivity contribution in [1.82, 2.24) is 0 Å².